The molecule has 0 bridgehead atoms. The van der Waals surface area contributed by atoms with Crippen molar-refractivity contribution >= 4 is 17.0 Å². The molecule has 0 aliphatic carbocycles. The molecule has 5 nitrogen and oxygen atoms in total. The minimum Gasteiger partial charge on any atom is -0.379 e. The third kappa shape index (κ3) is 3.88. The van der Waals surface area contributed by atoms with Crippen LogP contribution in [-0.2, 0) is 4.74 Å². The second-order valence-corrected chi connectivity index (χ2v) is 6.55. The monoisotopic (exact) mass is 328 g/mol. The van der Waals surface area contributed by atoms with Gasteiger partial charge in [0.15, 0.2) is 0 Å². The van der Waals surface area contributed by atoms with Crippen LogP contribution in [-0.4, -0.2) is 49.8 Å². The van der Waals surface area contributed by atoms with Crippen LogP contribution in [0.3, 0.4) is 0 Å². The molecule has 1 aliphatic rings. The molecule has 1 saturated heterocycles. The lowest BCUT2D eigenvalue weighted by Gasteiger charge is -2.36. The fraction of sp³-hybridized carbons (Fsp3) is 0.412. The first-order valence-electron chi connectivity index (χ1n) is 7.70. The molecule has 0 radical (unpaired) electrons. The number of nitrogens with zero attached hydrogens (tertiary/aromatic N) is 4. The molecule has 23 heavy (non-hydrogen) atoms. The molecular formula is C17H20N4OS. The fourth-order valence-electron chi connectivity index (χ4n) is 2.80. The number of thiophene rings is 1. The molecule has 1 aliphatic heterocycles. The van der Waals surface area contributed by atoms with Gasteiger partial charge in [0.05, 0.1) is 31.1 Å². The zero-order valence-corrected chi connectivity index (χ0v) is 14.0. The molecule has 0 spiro atoms. The van der Waals surface area contributed by atoms with Crippen molar-refractivity contribution < 1.29 is 4.74 Å². The Bertz CT molecular complexity index is 644. The van der Waals surface area contributed by atoms with Crippen LogP contribution in [0.2, 0.25) is 0 Å². The number of hydrogen-bond donors (Lipinski definition) is 0. The van der Waals surface area contributed by atoms with Gasteiger partial charge in [-0.25, -0.2) is 4.98 Å². The molecule has 6 heteroatoms. The van der Waals surface area contributed by atoms with Gasteiger partial charge >= 0.3 is 0 Å². The largest absolute Gasteiger partial charge is 0.379 e. The Morgan fingerprint density at radius 1 is 1.39 bits per heavy atom. The minimum absolute atomic E-state index is 0.347. The summed E-state index contributed by atoms with van der Waals surface area (Å²) in [5, 5.41) is 11.0. The van der Waals surface area contributed by atoms with E-state index in [9.17, 15) is 0 Å². The zero-order chi connectivity index (χ0) is 16.1. The van der Waals surface area contributed by atoms with E-state index in [1.165, 1.54) is 4.88 Å². The van der Waals surface area contributed by atoms with Crippen LogP contribution in [0.4, 0.5) is 5.69 Å². The minimum atomic E-state index is 0.347. The highest BCUT2D eigenvalue weighted by Crippen LogP contribution is 2.28. The summed E-state index contributed by atoms with van der Waals surface area (Å²) in [4.78, 5) is 10.2. The molecule has 2 aromatic rings. The maximum absolute atomic E-state index is 8.86. The van der Waals surface area contributed by atoms with E-state index in [2.05, 4.69) is 45.4 Å². The van der Waals surface area contributed by atoms with Crippen LogP contribution < -0.4 is 4.90 Å². The highest BCUT2D eigenvalue weighted by molar-refractivity contribution is 7.10. The van der Waals surface area contributed by atoms with Crippen molar-refractivity contribution in [3.63, 3.8) is 0 Å². The van der Waals surface area contributed by atoms with Gasteiger partial charge in [-0.3, -0.25) is 4.90 Å². The summed E-state index contributed by atoms with van der Waals surface area (Å²) in [7, 11) is 2.07. The van der Waals surface area contributed by atoms with Crippen LogP contribution in [0.5, 0.6) is 0 Å². The Morgan fingerprint density at radius 2 is 2.22 bits per heavy atom. The lowest BCUT2D eigenvalue weighted by atomic mass is 10.1. The van der Waals surface area contributed by atoms with Gasteiger partial charge in [-0.05, 0) is 23.6 Å². The second-order valence-electron chi connectivity index (χ2n) is 5.57. The number of anilines is 1. The predicted molar refractivity (Wildman–Crippen MR) is 91.7 cm³/mol. The quantitative estimate of drug-likeness (QED) is 0.844. The molecule has 3 heterocycles. The van der Waals surface area contributed by atoms with Gasteiger partial charge in [0.1, 0.15) is 11.8 Å². The summed E-state index contributed by atoms with van der Waals surface area (Å²) in [6, 6.07) is 10.4. The Kier molecular flexibility index (Phi) is 5.23. The number of ether oxygens (including phenoxy) is 1. The molecule has 0 amide bonds. The standard InChI is InChI=1S/C17H20N4OS/c1-20(15-5-4-14(11-18)19-12-15)13-16(17-3-2-10-23-17)21-6-8-22-9-7-21/h2-5,10,12,16H,6-9,13H2,1H3. The Hall–Kier alpha value is -1.94. The van der Waals surface area contributed by atoms with Gasteiger partial charge in [0, 0.05) is 31.6 Å². The first-order valence-corrected chi connectivity index (χ1v) is 8.58. The summed E-state index contributed by atoms with van der Waals surface area (Å²) in [6.45, 7) is 4.40. The summed E-state index contributed by atoms with van der Waals surface area (Å²) >= 11 is 1.80. The third-order valence-electron chi connectivity index (χ3n) is 4.11. The van der Waals surface area contributed by atoms with Crippen LogP contribution in [0.25, 0.3) is 0 Å². The van der Waals surface area contributed by atoms with Crippen molar-refractivity contribution in [3.8, 4) is 6.07 Å². The van der Waals surface area contributed by atoms with E-state index in [4.69, 9.17) is 10.00 Å². The highest BCUT2D eigenvalue weighted by atomic mass is 32.1. The Morgan fingerprint density at radius 3 is 2.83 bits per heavy atom. The van der Waals surface area contributed by atoms with Crippen molar-refractivity contribution in [1.82, 2.24) is 9.88 Å². The first-order chi connectivity index (χ1) is 11.3. The normalized spacial score (nSPS) is 16.7. The molecular weight excluding hydrogens is 308 g/mol. The van der Waals surface area contributed by atoms with Crippen molar-refractivity contribution in [2.24, 2.45) is 0 Å². The van der Waals surface area contributed by atoms with Crippen LogP contribution in [0.1, 0.15) is 16.6 Å². The molecule has 0 aromatic carbocycles. The van der Waals surface area contributed by atoms with Crippen molar-refractivity contribution in [2.75, 3.05) is 44.8 Å². The fourth-order valence-corrected chi connectivity index (χ4v) is 3.65. The predicted octanol–water partition coefficient (Wildman–Crippen LogP) is 2.52. The van der Waals surface area contributed by atoms with Crippen molar-refractivity contribution in [3.05, 3.63) is 46.4 Å². The number of rotatable bonds is 5. The van der Waals surface area contributed by atoms with Gasteiger partial charge in [0.2, 0.25) is 0 Å². The Balaban J connectivity index is 1.75. The zero-order valence-electron chi connectivity index (χ0n) is 13.2. The van der Waals surface area contributed by atoms with Gasteiger partial charge in [0.25, 0.3) is 0 Å². The third-order valence-corrected chi connectivity index (χ3v) is 5.08. The molecule has 0 saturated carbocycles. The van der Waals surface area contributed by atoms with E-state index in [0.29, 0.717) is 11.7 Å². The first kappa shape index (κ1) is 15.9. The smallest absolute Gasteiger partial charge is 0.140 e. The molecule has 120 valence electrons. The topological polar surface area (TPSA) is 52.4 Å². The Labute approximate surface area is 140 Å². The van der Waals surface area contributed by atoms with Gasteiger partial charge in [-0.2, -0.15) is 5.26 Å². The number of pyridine rings is 1. The number of aromatic nitrogens is 1. The maximum Gasteiger partial charge on any atom is 0.140 e. The molecule has 2 aromatic heterocycles. The van der Waals surface area contributed by atoms with Crippen LogP contribution in [0, 0.1) is 11.3 Å². The SMILES string of the molecule is CN(CC(c1cccs1)N1CCOCC1)c1ccc(C#N)nc1. The van der Waals surface area contributed by atoms with E-state index < -0.39 is 0 Å². The molecule has 3 rings (SSSR count). The molecule has 1 atom stereocenters. The van der Waals surface area contributed by atoms with Crippen LogP contribution in [0.15, 0.2) is 35.8 Å². The number of likely N-dealkylation sites (N-methyl/N-ethyl adjacent to an activating group) is 1. The van der Waals surface area contributed by atoms with Gasteiger partial charge < -0.3 is 9.64 Å². The van der Waals surface area contributed by atoms with Crippen molar-refractivity contribution in [2.45, 2.75) is 6.04 Å². The van der Waals surface area contributed by atoms with Crippen molar-refractivity contribution in [1.29, 1.82) is 5.26 Å². The van der Waals surface area contributed by atoms with Gasteiger partial charge in [-0.15, -0.1) is 11.3 Å². The number of nitriles is 1. The highest BCUT2D eigenvalue weighted by Gasteiger charge is 2.24. The summed E-state index contributed by atoms with van der Waals surface area (Å²) in [6.07, 6.45) is 1.77. The van der Waals surface area contributed by atoms with Gasteiger partial charge in [-0.1, -0.05) is 6.07 Å². The summed E-state index contributed by atoms with van der Waals surface area (Å²) in [5.41, 5.74) is 1.48. The average molecular weight is 328 g/mol. The second kappa shape index (κ2) is 7.55. The molecule has 1 unspecified atom stereocenters. The molecule has 1 fully saturated rings. The number of hydrogen-bond acceptors (Lipinski definition) is 6. The van der Waals surface area contributed by atoms with Crippen LogP contribution >= 0.6 is 11.3 Å². The lowest BCUT2D eigenvalue weighted by molar-refractivity contribution is 0.0184. The number of morpholine rings is 1. The summed E-state index contributed by atoms with van der Waals surface area (Å²) < 4.78 is 5.49. The van der Waals surface area contributed by atoms with E-state index in [1.807, 2.05) is 6.07 Å². The summed E-state index contributed by atoms with van der Waals surface area (Å²) in [5.74, 6) is 0. The van der Waals surface area contributed by atoms with E-state index in [0.717, 1.165) is 38.5 Å². The van der Waals surface area contributed by atoms with E-state index >= 15 is 0 Å². The molecule has 0 N–H and O–H groups in total. The lowest BCUT2D eigenvalue weighted by Crippen LogP contribution is -2.43. The maximum atomic E-state index is 8.86. The van der Waals surface area contributed by atoms with E-state index in [-0.39, 0.29) is 0 Å². The van der Waals surface area contributed by atoms with E-state index in [1.54, 1.807) is 23.6 Å². The average Bonchev–Trinajstić information content (AvgIpc) is 3.14.